The molecular weight excluding hydrogens is 458 g/mol. The number of sulfonamides is 1. The molecular formula is C24H27N3O6S. The van der Waals surface area contributed by atoms with Crippen molar-refractivity contribution in [3.8, 4) is 17.1 Å². The maximum atomic E-state index is 12.8. The minimum Gasteiger partial charge on any atom is -0.493 e. The molecule has 10 heteroatoms. The van der Waals surface area contributed by atoms with Crippen LogP contribution >= 0.6 is 0 Å². The lowest BCUT2D eigenvalue weighted by Gasteiger charge is -2.30. The first-order valence-electron chi connectivity index (χ1n) is 11.2. The molecule has 0 unspecified atom stereocenters. The van der Waals surface area contributed by atoms with Gasteiger partial charge in [-0.2, -0.15) is 9.29 Å². The van der Waals surface area contributed by atoms with Crippen LogP contribution in [0.4, 0.5) is 0 Å². The fourth-order valence-electron chi connectivity index (χ4n) is 3.80. The molecule has 4 rings (SSSR count). The molecule has 0 amide bonds. The van der Waals surface area contributed by atoms with Crippen LogP contribution in [0, 0.1) is 12.8 Å². The number of aryl methyl sites for hydroxylation is 1. The zero-order chi connectivity index (χ0) is 24.1. The standard InChI is InChI=1S/C24H27N3O6S/c1-3-31-21-7-5-4-6-20(21)23-25-22(33-26-23)16-32-24(28)18-12-14-27(15-13-18)34(29,30)19-10-8-17(2)9-11-19/h4-11,18H,3,12-16H2,1-2H3. The van der Waals surface area contributed by atoms with Crippen LogP contribution in [-0.4, -0.2) is 48.5 Å². The fourth-order valence-corrected chi connectivity index (χ4v) is 5.27. The number of carbonyl (C=O) groups is 1. The molecule has 2 heterocycles. The summed E-state index contributed by atoms with van der Waals surface area (Å²) < 4.78 is 43.3. The predicted octanol–water partition coefficient (Wildman–Crippen LogP) is 3.59. The highest BCUT2D eigenvalue weighted by Gasteiger charge is 2.33. The van der Waals surface area contributed by atoms with Crippen molar-refractivity contribution in [3.05, 3.63) is 60.0 Å². The maximum Gasteiger partial charge on any atom is 0.309 e. The molecule has 1 aromatic heterocycles. The third kappa shape index (κ3) is 5.28. The van der Waals surface area contributed by atoms with Crippen LogP contribution in [0.25, 0.3) is 11.4 Å². The highest BCUT2D eigenvalue weighted by Crippen LogP contribution is 2.28. The van der Waals surface area contributed by atoms with Gasteiger partial charge in [0.15, 0.2) is 6.61 Å². The first kappa shape index (κ1) is 23.9. The number of para-hydroxylation sites is 1. The number of hydrogen-bond acceptors (Lipinski definition) is 8. The van der Waals surface area contributed by atoms with Crippen molar-refractivity contribution in [1.82, 2.24) is 14.4 Å². The first-order valence-corrected chi connectivity index (χ1v) is 12.6. The van der Waals surface area contributed by atoms with Crippen molar-refractivity contribution in [2.24, 2.45) is 5.92 Å². The van der Waals surface area contributed by atoms with Crippen molar-refractivity contribution in [2.45, 2.75) is 38.2 Å². The molecule has 0 atom stereocenters. The molecule has 1 saturated heterocycles. The van der Waals surface area contributed by atoms with E-state index >= 15 is 0 Å². The predicted molar refractivity (Wildman–Crippen MR) is 123 cm³/mol. The zero-order valence-corrected chi connectivity index (χ0v) is 20.0. The highest BCUT2D eigenvalue weighted by molar-refractivity contribution is 7.89. The zero-order valence-electron chi connectivity index (χ0n) is 19.1. The molecule has 0 N–H and O–H groups in total. The Morgan fingerprint density at radius 2 is 1.82 bits per heavy atom. The minimum atomic E-state index is -3.58. The van der Waals surface area contributed by atoms with Crippen LogP contribution in [0.15, 0.2) is 57.9 Å². The van der Waals surface area contributed by atoms with Gasteiger partial charge in [-0.25, -0.2) is 8.42 Å². The van der Waals surface area contributed by atoms with Gasteiger partial charge in [-0.05, 0) is 51.0 Å². The monoisotopic (exact) mass is 485 g/mol. The summed E-state index contributed by atoms with van der Waals surface area (Å²) in [4.78, 5) is 17.1. The van der Waals surface area contributed by atoms with Gasteiger partial charge in [0.2, 0.25) is 15.8 Å². The highest BCUT2D eigenvalue weighted by atomic mass is 32.2. The lowest BCUT2D eigenvalue weighted by molar-refractivity contribution is -0.152. The van der Waals surface area contributed by atoms with Crippen molar-refractivity contribution >= 4 is 16.0 Å². The number of ether oxygens (including phenoxy) is 2. The van der Waals surface area contributed by atoms with Crippen molar-refractivity contribution < 1.29 is 27.2 Å². The molecule has 0 aliphatic carbocycles. The van der Waals surface area contributed by atoms with E-state index in [2.05, 4.69) is 10.1 Å². The molecule has 1 aliphatic rings. The van der Waals surface area contributed by atoms with Gasteiger partial charge in [0.05, 0.1) is 23.0 Å². The average Bonchev–Trinajstić information content (AvgIpc) is 3.32. The van der Waals surface area contributed by atoms with Crippen LogP contribution in [0.5, 0.6) is 5.75 Å². The Balaban J connectivity index is 1.31. The average molecular weight is 486 g/mol. The van der Waals surface area contributed by atoms with Crippen LogP contribution < -0.4 is 4.74 Å². The van der Waals surface area contributed by atoms with Gasteiger partial charge in [0, 0.05) is 13.1 Å². The molecule has 180 valence electrons. The quantitative estimate of drug-likeness (QED) is 0.445. The van der Waals surface area contributed by atoms with Gasteiger partial charge in [0.25, 0.3) is 5.89 Å². The summed E-state index contributed by atoms with van der Waals surface area (Å²) in [5, 5.41) is 3.96. The van der Waals surface area contributed by atoms with Crippen LogP contribution in [0.2, 0.25) is 0 Å². The van der Waals surface area contributed by atoms with E-state index in [9.17, 15) is 13.2 Å². The second kappa shape index (κ2) is 10.4. The van der Waals surface area contributed by atoms with E-state index in [0.29, 0.717) is 36.6 Å². The summed E-state index contributed by atoms with van der Waals surface area (Å²) in [6.07, 6.45) is 0.779. The molecule has 0 radical (unpaired) electrons. The van der Waals surface area contributed by atoms with Crippen LogP contribution in [-0.2, 0) is 26.2 Å². The largest absolute Gasteiger partial charge is 0.493 e. The van der Waals surface area contributed by atoms with E-state index in [0.717, 1.165) is 5.56 Å². The number of aromatic nitrogens is 2. The minimum absolute atomic E-state index is 0.148. The Hall–Kier alpha value is -3.24. The van der Waals surface area contributed by atoms with E-state index in [1.54, 1.807) is 24.3 Å². The second-order valence-electron chi connectivity index (χ2n) is 8.04. The lowest BCUT2D eigenvalue weighted by Crippen LogP contribution is -2.40. The Morgan fingerprint density at radius 1 is 1.12 bits per heavy atom. The number of benzene rings is 2. The van der Waals surface area contributed by atoms with Crippen LogP contribution in [0.3, 0.4) is 0 Å². The molecule has 1 fully saturated rings. The van der Waals surface area contributed by atoms with Crippen molar-refractivity contribution in [3.63, 3.8) is 0 Å². The first-order chi connectivity index (χ1) is 16.4. The smallest absolute Gasteiger partial charge is 0.309 e. The van der Waals surface area contributed by atoms with E-state index in [-0.39, 0.29) is 36.4 Å². The Kier molecular flexibility index (Phi) is 7.28. The summed E-state index contributed by atoms with van der Waals surface area (Å²) in [7, 11) is -3.58. The fraction of sp³-hybridized carbons (Fsp3) is 0.375. The van der Waals surface area contributed by atoms with Gasteiger partial charge in [-0.3, -0.25) is 4.79 Å². The molecule has 2 aromatic carbocycles. The summed E-state index contributed by atoms with van der Waals surface area (Å²) in [5.41, 5.74) is 1.68. The van der Waals surface area contributed by atoms with E-state index in [1.807, 2.05) is 38.1 Å². The van der Waals surface area contributed by atoms with Crippen molar-refractivity contribution in [1.29, 1.82) is 0 Å². The number of hydrogen-bond donors (Lipinski definition) is 0. The normalized spacial score (nSPS) is 15.2. The SMILES string of the molecule is CCOc1ccccc1-c1noc(COC(=O)C2CCN(S(=O)(=O)c3ccc(C)cc3)CC2)n1. The molecule has 3 aromatic rings. The third-order valence-electron chi connectivity index (χ3n) is 5.68. The number of piperidine rings is 1. The summed E-state index contributed by atoms with van der Waals surface area (Å²) in [6, 6.07) is 14.1. The molecule has 9 nitrogen and oxygen atoms in total. The maximum absolute atomic E-state index is 12.8. The summed E-state index contributed by atoms with van der Waals surface area (Å²) in [6.45, 7) is 4.67. The number of rotatable bonds is 8. The molecule has 0 bridgehead atoms. The van der Waals surface area contributed by atoms with Gasteiger partial charge in [0.1, 0.15) is 5.75 Å². The van der Waals surface area contributed by atoms with Crippen LogP contribution in [0.1, 0.15) is 31.2 Å². The van der Waals surface area contributed by atoms with Gasteiger partial charge in [-0.1, -0.05) is 35.0 Å². The molecule has 34 heavy (non-hydrogen) atoms. The third-order valence-corrected chi connectivity index (χ3v) is 7.59. The molecule has 1 aliphatic heterocycles. The number of esters is 1. The van der Waals surface area contributed by atoms with E-state index < -0.39 is 16.0 Å². The Bertz CT molecular complexity index is 1230. The Labute approximate surface area is 198 Å². The molecule has 0 spiro atoms. The number of nitrogens with zero attached hydrogens (tertiary/aromatic N) is 3. The van der Waals surface area contributed by atoms with Gasteiger partial charge >= 0.3 is 5.97 Å². The van der Waals surface area contributed by atoms with E-state index in [1.165, 1.54) is 4.31 Å². The summed E-state index contributed by atoms with van der Waals surface area (Å²) >= 11 is 0. The van der Waals surface area contributed by atoms with Crippen molar-refractivity contribution in [2.75, 3.05) is 19.7 Å². The van der Waals surface area contributed by atoms with Gasteiger partial charge in [-0.15, -0.1) is 0 Å². The Morgan fingerprint density at radius 3 is 2.53 bits per heavy atom. The topological polar surface area (TPSA) is 112 Å². The van der Waals surface area contributed by atoms with E-state index in [4.69, 9.17) is 14.0 Å². The number of carbonyl (C=O) groups excluding carboxylic acids is 1. The summed E-state index contributed by atoms with van der Waals surface area (Å²) in [5.74, 6) is 0.382. The van der Waals surface area contributed by atoms with Gasteiger partial charge < -0.3 is 14.0 Å². The lowest BCUT2D eigenvalue weighted by atomic mass is 9.98. The second-order valence-corrected chi connectivity index (χ2v) is 9.98. The molecule has 0 saturated carbocycles.